The van der Waals surface area contributed by atoms with E-state index in [1.807, 2.05) is 0 Å². The van der Waals surface area contributed by atoms with Crippen LogP contribution >= 0.6 is 11.3 Å². The van der Waals surface area contributed by atoms with Gasteiger partial charge in [-0.15, -0.1) is 11.3 Å². The Kier molecular flexibility index (Phi) is 2.79. The van der Waals surface area contributed by atoms with Crippen LogP contribution in [0.3, 0.4) is 0 Å². The number of nitrogens with zero attached hydrogens (tertiary/aromatic N) is 1. The summed E-state index contributed by atoms with van der Waals surface area (Å²) in [5.74, 6) is 0. The molecule has 2 rings (SSSR count). The van der Waals surface area contributed by atoms with E-state index in [1.54, 1.807) is 11.3 Å². The minimum absolute atomic E-state index is 0.745. The minimum atomic E-state index is 0.745. The Balaban J connectivity index is 2.36. The zero-order chi connectivity index (χ0) is 9.97. The summed E-state index contributed by atoms with van der Waals surface area (Å²) in [6.45, 7) is 2.85. The van der Waals surface area contributed by atoms with Crippen molar-refractivity contribution in [3.05, 3.63) is 28.8 Å². The molecule has 2 aromatic rings. The van der Waals surface area contributed by atoms with Crippen molar-refractivity contribution in [3.63, 3.8) is 0 Å². The molecule has 0 fully saturated rings. The number of rotatable bonds is 3. The quantitative estimate of drug-likeness (QED) is 0.838. The Hall–Kier alpha value is -0.930. The molecule has 0 atom stereocenters. The summed E-state index contributed by atoms with van der Waals surface area (Å²) < 4.78 is 1.29. The van der Waals surface area contributed by atoms with E-state index in [-0.39, 0.29) is 0 Å². The van der Waals surface area contributed by atoms with E-state index in [2.05, 4.69) is 30.1 Å². The Morgan fingerprint density at radius 3 is 3.00 bits per heavy atom. The van der Waals surface area contributed by atoms with Gasteiger partial charge in [-0.1, -0.05) is 12.1 Å². The third-order valence-corrected chi connectivity index (χ3v) is 3.34. The molecule has 0 aliphatic rings. The predicted octanol–water partition coefficient (Wildman–Crippen LogP) is 2.50. The Labute approximate surface area is 87.8 Å². The SMILES string of the molecule is Cc1cccc2sc(CCCN)nc12. The summed E-state index contributed by atoms with van der Waals surface area (Å²) in [6.07, 6.45) is 2.04. The van der Waals surface area contributed by atoms with Gasteiger partial charge in [0, 0.05) is 6.42 Å². The monoisotopic (exact) mass is 206 g/mol. The van der Waals surface area contributed by atoms with Gasteiger partial charge in [-0.2, -0.15) is 0 Å². The first kappa shape index (κ1) is 9.62. The fourth-order valence-electron chi connectivity index (χ4n) is 1.49. The zero-order valence-electron chi connectivity index (χ0n) is 8.29. The van der Waals surface area contributed by atoms with Crippen LogP contribution in [-0.4, -0.2) is 11.5 Å². The van der Waals surface area contributed by atoms with E-state index in [4.69, 9.17) is 5.73 Å². The van der Waals surface area contributed by atoms with E-state index < -0.39 is 0 Å². The van der Waals surface area contributed by atoms with E-state index in [9.17, 15) is 0 Å². The lowest BCUT2D eigenvalue weighted by atomic mass is 10.2. The van der Waals surface area contributed by atoms with Gasteiger partial charge in [-0.25, -0.2) is 4.98 Å². The molecule has 2 N–H and O–H groups in total. The van der Waals surface area contributed by atoms with Gasteiger partial charge in [0.25, 0.3) is 0 Å². The molecule has 0 unspecified atom stereocenters. The van der Waals surface area contributed by atoms with Gasteiger partial charge in [0.05, 0.1) is 15.2 Å². The molecular weight excluding hydrogens is 192 g/mol. The number of hydrogen-bond acceptors (Lipinski definition) is 3. The maximum atomic E-state index is 5.48. The van der Waals surface area contributed by atoms with Crippen LogP contribution in [0.2, 0.25) is 0 Å². The highest BCUT2D eigenvalue weighted by atomic mass is 32.1. The number of benzene rings is 1. The maximum Gasteiger partial charge on any atom is 0.0939 e. The molecule has 0 saturated heterocycles. The third-order valence-electron chi connectivity index (χ3n) is 2.26. The van der Waals surface area contributed by atoms with Crippen molar-refractivity contribution in [2.24, 2.45) is 5.73 Å². The summed E-state index contributed by atoms with van der Waals surface area (Å²) in [5.41, 5.74) is 7.90. The van der Waals surface area contributed by atoms with E-state index >= 15 is 0 Å². The maximum absolute atomic E-state index is 5.48. The molecule has 74 valence electrons. The van der Waals surface area contributed by atoms with Gasteiger partial charge in [-0.05, 0) is 31.5 Å². The van der Waals surface area contributed by atoms with Gasteiger partial charge in [-0.3, -0.25) is 0 Å². The number of nitrogens with two attached hydrogens (primary N) is 1. The molecule has 0 saturated carbocycles. The van der Waals surface area contributed by atoms with Gasteiger partial charge >= 0.3 is 0 Å². The van der Waals surface area contributed by atoms with Gasteiger partial charge in [0.15, 0.2) is 0 Å². The van der Waals surface area contributed by atoms with Crippen LogP contribution in [-0.2, 0) is 6.42 Å². The molecule has 0 aliphatic heterocycles. The Morgan fingerprint density at radius 1 is 1.43 bits per heavy atom. The fraction of sp³-hybridized carbons (Fsp3) is 0.364. The lowest BCUT2D eigenvalue weighted by molar-refractivity contribution is 0.828. The van der Waals surface area contributed by atoms with E-state index in [0.29, 0.717) is 0 Å². The molecule has 0 radical (unpaired) electrons. The first-order valence-corrected chi connectivity index (χ1v) is 5.68. The second kappa shape index (κ2) is 4.07. The number of hydrogen-bond donors (Lipinski definition) is 1. The molecular formula is C11H14N2S. The number of aromatic nitrogens is 1. The summed E-state index contributed by atoms with van der Waals surface area (Å²) in [7, 11) is 0. The largest absolute Gasteiger partial charge is 0.330 e. The topological polar surface area (TPSA) is 38.9 Å². The average Bonchev–Trinajstić information content (AvgIpc) is 2.59. The van der Waals surface area contributed by atoms with Gasteiger partial charge < -0.3 is 5.73 Å². The number of aryl methyl sites for hydroxylation is 2. The van der Waals surface area contributed by atoms with Crippen LogP contribution in [0.5, 0.6) is 0 Å². The molecule has 2 nitrogen and oxygen atoms in total. The highest BCUT2D eigenvalue weighted by Gasteiger charge is 2.04. The molecule has 1 aromatic carbocycles. The van der Waals surface area contributed by atoms with Crippen molar-refractivity contribution in [1.29, 1.82) is 0 Å². The van der Waals surface area contributed by atoms with Crippen LogP contribution in [0, 0.1) is 6.92 Å². The average molecular weight is 206 g/mol. The zero-order valence-corrected chi connectivity index (χ0v) is 9.10. The molecule has 14 heavy (non-hydrogen) atoms. The smallest absolute Gasteiger partial charge is 0.0939 e. The molecule has 1 heterocycles. The number of para-hydroxylation sites is 1. The summed E-state index contributed by atoms with van der Waals surface area (Å²) >= 11 is 1.78. The van der Waals surface area contributed by atoms with Crippen molar-refractivity contribution in [2.75, 3.05) is 6.54 Å². The number of thiazole rings is 1. The molecule has 0 aliphatic carbocycles. The van der Waals surface area contributed by atoms with Crippen molar-refractivity contribution in [2.45, 2.75) is 19.8 Å². The van der Waals surface area contributed by atoms with Crippen LogP contribution in [0.4, 0.5) is 0 Å². The normalized spacial score (nSPS) is 11.0. The molecule has 0 spiro atoms. The van der Waals surface area contributed by atoms with Gasteiger partial charge in [0.1, 0.15) is 0 Å². The second-order valence-corrected chi connectivity index (χ2v) is 4.54. The van der Waals surface area contributed by atoms with Gasteiger partial charge in [0.2, 0.25) is 0 Å². The molecule has 1 aromatic heterocycles. The lowest BCUT2D eigenvalue weighted by Gasteiger charge is -1.91. The van der Waals surface area contributed by atoms with Crippen LogP contribution in [0.25, 0.3) is 10.2 Å². The predicted molar refractivity (Wildman–Crippen MR) is 61.7 cm³/mol. The summed E-state index contributed by atoms with van der Waals surface area (Å²) in [5, 5.41) is 1.21. The van der Waals surface area contributed by atoms with Crippen molar-refractivity contribution >= 4 is 21.6 Å². The first-order valence-electron chi connectivity index (χ1n) is 4.86. The van der Waals surface area contributed by atoms with Crippen molar-refractivity contribution in [3.8, 4) is 0 Å². The fourth-order valence-corrected chi connectivity index (χ4v) is 2.58. The van der Waals surface area contributed by atoms with Crippen LogP contribution in [0.15, 0.2) is 18.2 Å². The number of fused-ring (bicyclic) bond motifs is 1. The molecule has 3 heteroatoms. The highest BCUT2D eigenvalue weighted by Crippen LogP contribution is 2.24. The molecule has 0 amide bonds. The second-order valence-electron chi connectivity index (χ2n) is 3.42. The molecule has 0 bridgehead atoms. The standard InChI is InChI=1S/C11H14N2S/c1-8-4-2-5-9-11(8)13-10(14-9)6-3-7-12/h2,4-5H,3,6-7,12H2,1H3. The van der Waals surface area contributed by atoms with Crippen molar-refractivity contribution < 1.29 is 0 Å². The first-order chi connectivity index (χ1) is 6.81. The third kappa shape index (κ3) is 1.79. The Bertz CT molecular complexity index is 434. The van der Waals surface area contributed by atoms with E-state index in [1.165, 1.54) is 15.3 Å². The lowest BCUT2D eigenvalue weighted by Crippen LogP contribution is -1.99. The minimum Gasteiger partial charge on any atom is -0.330 e. The summed E-state index contributed by atoms with van der Waals surface area (Å²) in [4.78, 5) is 4.61. The van der Waals surface area contributed by atoms with Crippen LogP contribution in [0.1, 0.15) is 17.0 Å². The van der Waals surface area contributed by atoms with Crippen molar-refractivity contribution in [1.82, 2.24) is 4.98 Å². The Morgan fingerprint density at radius 2 is 2.29 bits per heavy atom. The van der Waals surface area contributed by atoms with E-state index in [0.717, 1.165) is 24.9 Å². The summed E-state index contributed by atoms with van der Waals surface area (Å²) in [6, 6.07) is 6.32. The van der Waals surface area contributed by atoms with Crippen LogP contribution < -0.4 is 5.73 Å². The highest BCUT2D eigenvalue weighted by molar-refractivity contribution is 7.18.